The van der Waals surface area contributed by atoms with Crippen LogP contribution < -0.4 is 10.9 Å². The number of H-pyrrole nitrogens is 1. The van der Waals surface area contributed by atoms with Crippen LogP contribution in [0.15, 0.2) is 71.8 Å². The van der Waals surface area contributed by atoms with Crippen molar-refractivity contribution in [1.29, 1.82) is 0 Å². The zero-order valence-electron chi connectivity index (χ0n) is 14.6. The molecule has 0 aliphatic rings. The standard InChI is InChI=1S/C20H17N5O2/c1-25-12-11-21-18(25)16(13-7-3-2-4-8-13)22-20(27)17-14-9-5-6-10-15(14)19(26)24-23-17/h2-12,16H,1H3,(H,22,27)(H,24,26)/t16-/m0/s1. The lowest BCUT2D eigenvalue weighted by Crippen LogP contribution is -2.32. The number of hydrogen-bond acceptors (Lipinski definition) is 4. The zero-order valence-corrected chi connectivity index (χ0v) is 14.6. The summed E-state index contributed by atoms with van der Waals surface area (Å²) >= 11 is 0. The first kappa shape index (κ1) is 16.7. The predicted molar refractivity (Wildman–Crippen MR) is 101 cm³/mol. The van der Waals surface area contributed by atoms with E-state index >= 15 is 0 Å². The second-order valence-electron chi connectivity index (χ2n) is 6.16. The van der Waals surface area contributed by atoms with E-state index in [-0.39, 0.29) is 17.2 Å². The smallest absolute Gasteiger partial charge is 0.273 e. The molecule has 1 atom stereocenters. The Morgan fingerprint density at radius 1 is 1.07 bits per heavy atom. The number of carbonyl (C=O) groups excluding carboxylic acids is 1. The fourth-order valence-electron chi connectivity index (χ4n) is 3.09. The summed E-state index contributed by atoms with van der Waals surface area (Å²) in [6.45, 7) is 0. The molecule has 0 unspecified atom stereocenters. The molecule has 0 spiro atoms. The maximum atomic E-state index is 13.0. The fourth-order valence-corrected chi connectivity index (χ4v) is 3.09. The third kappa shape index (κ3) is 3.10. The lowest BCUT2D eigenvalue weighted by Gasteiger charge is -2.19. The van der Waals surface area contributed by atoms with E-state index in [1.165, 1.54) is 0 Å². The van der Waals surface area contributed by atoms with E-state index in [1.807, 2.05) is 48.1 Å². The van der Waals surface area contributed by atoms with Crippen molar-refractivity contribution in [2.24, 2.45) is 7.05 Å². The van der Waals surface area contributed by atoms with Gasteiger partial charge in [0, 0.05) is 24.8 Å². The monoisotopic (exact) mass is 359 g/mol. The second-order valence-corrected chi connectivity index (χ2v) is 6.16. The number of fused-ring (bicyclic) bond motifs is 1. The minimum Gasteiger partial charge on any atom is -0.337 e. The van der Waals surface area contributed by atoms with Gasteiger partial charge in [-0.15, -0.1) is 0 Å². The molecule has 0 saturated heterocycles. The largest absolute Gasteiger partial charge is 0.337 e. The quantitative estimate of drug-likeness (QED) is 0.584. The zero-order chi connectivity index (χ0) is 18.8. The summed E-state index contributed by atoms with van der Waals surface area (Å²) in [6, 6.07) is 16.0. The Balaban J connectivity index is 1.77. The van der Waals surface area contributed by atoms with Gasteiger partial charge in [0.05, 0.1) is 5.39 Å². The molecule has 0 saturated carbocycles. The van der Waals surface area contributed by atoms with Gasteiger partial charge in [-0.05, 0) is 11.6 Å². The van der Waals surface area contributed by atoms with E-state index in [2.05, 4.69) is 20.5 Å². The molecule has 0 aliphatic carbocycles. The second kappa shape index (κ2) is 6.87. The average Bonchev–Trinajstić information content (AvgIpc) is 3.13. The molecule has 2 heterocycles. The van der Waals surface area contributed by atoms with Crippen LogP contribution in [0, 0.1) is 0 Å². The first-order valence-electron chi connectivity index (χ1n) is 8.45. The van der Waals surface area contributed by atoms with Gasteiger partial charge in [0.15, 0.2) is 5.69 Å². The lowest BCUT2D eigenvalue weighted by molar-refractivity contribution is 0.0937. The summed E-state index contributed by atoms with van der Waals surface area (Å²) in [7, 11) is 1.87. The number of nitrogens with zero attached hydrogens (tertiary/aromatic N) is 3. The summed E-state index contributed by atoms with van der Waals surface area (Å²) in [6.07, 6.45) is 3.51. The van der Waals surface area contributed by atoms with Gasteiger partial charge in [0.1, 0.15) is 11.9 Å². The number of imidazole rings is 1. The summed E-state index contributed by atoms with van der Waals surface area (Å²) in [5.41, 5.74) is 0.736. The van der Waals surface area contributed by atoms with Crippen LogP contribution in [0.5, 0.6) is 0 Å². The predicted octanol–water partition coefficient (Wildman–Crippen LogP) is 2.18. The highest BCUT2D eigenvalue weighted by Gasteiger charge is 2.23. The number of amides is 1. The summed E-state index contributed by atoms with van der Waals surface area (Å²) < 4.78 is 1.86. The number of rotatable bonds is 4. The Hall–Kier alpha value is -3.74. The van der Waals surface area contributed by atoms with E-state index in [4.69, 9.17) is 0 Å². The van der Waals surface area contributed by atoms with E-state index in [0.717, 1.165) is 5.56 Å². The first-order chi connectivity index (χ1) is 13.1. The summed E-state index contributed by atoms with van der Waals surface area (Å²) in [5, 5.41) is 10.3. The molecule has 4 rings (SSSR count). The van der Waals surface area contributed by atoms with Crippen molar-refractivity contribution in [3.05, 3.63) is 94.4 Å². The van der Waals surface area contributed by atoms with Crippen molar-refractivity contribution in [1.82, 2.24) is 25.1 Å². The van der Waals surface area contributed by atoms with Gasteiger partial charge in [-0.25, -0.2) is 10.1 Å². The molecule has 0 fully saturated rings. The minimum atomic E-state index is -0.453. The first-order valence-corrected chi connectivity index (χ1v) is 8.45. The average molecular weight is 359 g/mol. The third-order valence-electron chi connectivity index (χ3n) is 4.44. The molecule has 0 radical (unpaired) electrons. The van der Waals surface area contributed by atoms with Crippen LogP contribution in [0.1, 0.15) is 27.9 Å². The molecule has 4 aromatic rings. The van der Waals surface area contributed by atoms with Crippen molar-refractivity contribution >= 4 is 16.7 Å². The van der Waals surface area contributed by atoms with Gasteiger partial charge < -0.3 is 9.88 Å². The molecule has 7 nitrogen and oxygen atoms in total. The molecule has 7 heteroatoms. The van der Waals surface area contributed by atoms with Crippen molar-refractivity contribution in [2.45, 2.75) is 6.04 Å². The van der Waals surface area contributed by atoms with Crippen molar-refractivity contribution in [3.63, 3.8) is 0 Å². The highest BCUT2D eigenvalue weighted by Crippen LogP contribution is 2.21. The van der Waals surface area contributed by atoms with E-state index in [1.54, 1.807) is 30.5 Å². The summed E-state index contributed by atoms with van der Waals surface area (Å²) in [5.74, 6) is 0.308. The molecule has 134 valence electrons. The maximum absolute atomic E-state index is 13.0. The van der Waals surface area contributed by atoms with E-state index < -0.39 is 6.04 Å². The van der Waals surface area contributed by atoms with Crippen LogP contribution in [0.2, 0.25) is 0 Å². The number of nitrogens with one attached hydrogen (secondary N) is 2. The molecule has 27 heavy (non-hydrogen) atoms. The van der Waals surface area contributed by atoms with Crippen LogP contribution in [0.25, 0.3) is 10.8 Å². The molecule has 2 aromatic carbocycles. The Morgan fingerprint density at radius 3 is 2.48 bits per heavy atom. The highest BCUT2D eigenvalue weighted by atomic mass is 16.2. The van der Waals surface area contributed by atoms with Gasteiger partial charge in [-0.2, -0.15) is 5.10 Å². The topological polar surface area (TPSA) is 92.7 Å². The van der Waals surface area contributed by atoms with Gasteiger partial charge in [0.2, 0.25) is 0 Å². The SMILES string of the molecule is Cn1ccnc1[C@@H](NC(=O)c1n[nH]c(=O)c2ccccc12)c1ccccc1. The van der Waals surface area contributed by atoms with Crippen LogP contribution in [-0.4, -0.2) is 25.7 Å². The Kier molecular flexibility index (Phi) is 4.25. The lowest BCUT2D eigenvalue weighted by atomic mass is 10.1. The van der Waals surface area contributed by atoms with Crippen LogP contribution in [0.3, 0.4) is 0 Å². The Morgan fingerprint density at radius 2 is 1.78 bits per heavy atom. The van der Waals surface area contributed by atoms with Crippen molar-refractivity contribution in [2.75, 3.05) is 0 Å². The minimum absolute atomic E-state index is 0.167. The van der Waals surface area contributed by atoms with Gasteiger partial charge in [-0.1, -0.05) is 48.5 Å². The number of hydrogen-bond donors (Lipinski definition) is 2. The van der Waals surface area contributed by atoms with Crippen LogP contribution in [-0.2, 0) is 7.05 Å². The third-order valence-corrected chi connectivity index (χ3v) is 4.44. The number of aromatic amines is 1. The fraction of sp³-hybridized carbons (Fsp3) is 0.100. The van der Waals surface area contributed by atoms with Gasteiger partial charge >= 0.3 is 0 Å². The Bertz CT molecular complexity index is 1160. The molecule has 0 bridgehead atoms. The highest BCUT2D eigenvalue weighted by molar-refractivity contribution is 6.04. The Labute approximate surface area is 154 Å². The maximum Gasteiger partial charge on any atom is 0.273 e. The van der Waals surface area contributed by atoms with Crippen LogP contribution >= 0.6 is 0 Å². The molecule has 2 aromatic heterocycles. The van der Waals surface area contributed by atoms with Crippen LogP contribution in [0.4, 0.5) is 0 Å². The normalized spacial score (nSPS) is 12.0. The van der Waals surface area contributed by atoms with E-state index in [9.17, 15) is 9.59 Å². The number of aromatic nitrogens is 4. The van der Waals surface area contributed by atoms with Crippen molar-refractivity contribution in [3.8, 4) is 0 Å². The molecular formula is C20H17N5O2. The number of benzene rings is 2. The van der Waals surface area contributed by atoms with Crippen molar-refractivity contribution < 1.29 is 4.79 Å². The van der Waals surface area contributed by atoms with Gasteiger partial charge in [-0.3, -0.25) is 9.59 Å². The number of aryl methyl sites for hydroxylation is 1. The molecule has 2 N–H and O–H groups in total. The molecular weight excluding hydrogens is 342 g/mol. The van der Waals surface area contributed by atoms with Gasteiger partial charge in [0.25, 0.3) is 11.5 Å². The number of carbonyl (C=O) groups is 1. The molecule has 1 amide bonds. The molecule has 0 aliphatic heterocycles. The van der Waals surface area contributed by atoms with E-state index in [0.29, 0.717) is 16.6 Å². The summed E-state index contributed by atoms with van der Waals surface area (Å²) in [4.78, 5) is 29.4.